The summed E-state index contributed by atoms with van der Waals surface area (Å²) in [5.41, 5.74) is -0.155. The molecule has 0 bridgehead atoms. The summed E-state index contributed by atoms with van der Waals surface area (Å²) in [7, 11) is 1.60. The molecule has 19 heavy (non-hydrogen) atoms. The van der Waals surface area contributed by atoms with E-state index in [2.05, 4.69) is 10.2 Å². The molecule has 1 fully saturated rings. The zero-order chi connectivity index (χ0) is 13.7. The highest BCUT2D eigenvalue weighted by atomic mass is 16.5. The van der Waals surface area contributed by atoms with E-state index in [9.17, 15) is 4.79 Å². The van der Waals surface area contributed by atoms with Crippen LogP contribution in [0.5, 0.6) is 5.75 Å². The fourth-order valence-electron chi connectivity index (χ4n) is 2.45. The van der Waals surface area contributed by atoms with Gasteiger partial charge in [0.25, 0.3) is 0 Å². The van der Waals surface area contributed by atoms with Gasteiger partial charge in [-0.15, -0.1) is 0 Å². The first-order chi connectivity index (χ1) is 9.20. The van der Waals surface area contributed by atoms with Gasteiger partial charge in [-0.25, -0.2) is 6.57 Å². The first-order valence-electron chi connectivity index (χ1n) is 6.54. The average molecular weight is 258 g/mol. The minimum absolute atomic E-state index is 0.174. The van der Waals surface area contributed by atoms with Crippen molar-refractivity contribution in [1.82, 2.24) is 0 Å². The fourth-order valence-corrected chi connectivity index (χ4v) is 2.45. The molecule has 0 heterocycles. The summed E-state index contributed by atoms with van der Waals surface area (Å²) in [5, 5.41) is 2.85. The van der Waals surface area contributed by atoms with Crippen molar-refractivity contribution >= 4 is 11.6 Å². The quantitative estimate of drug-likeness (QED) is 0.846. The lowest BCUT2D eigenvalue weighted by molar-refractivity contribution is -0.120. The molecule has 1 aromatic carbocycles. The molecule has 1 amide bonds. The third kappa shape index (κ3) is 2.87. The molecule has 4 nitrogen and oxygen atoms in total. The summed E-state index contributed by atoms with van der Waals surface area (Å²) < 4.78 is 5.07. The van der Waals surface area contributed by atoms with Crippen molar-refractivity contribution in [3.8, 4) is 5.75 Å². The number of carbonyl (C=O) groups excluding carboxylic acids is 1. The normalized spacial score (nSPS) is 17.3. The second-order valence-corrected chi connectivity index (χ2v) is 4.89. The predicted octanol–water partition coefficient (Wildman–Crippen LogP) is 3.26. The van der Waals surface area contributed by atoms with Crippen molar-refractivity contribution in [3.05, 3.63) is 35.7 Å². The molecular formula is C15H18N2O2. The number of ether oxygens (including phenoxy) is 1. The second-order valence-electron chi connectivity index (χ2n) is 4.89. The molecule has 1 aliphatic carbocycles. The summed E-state index contributed by atoms with van der Waals surface area (Å²) in [4.78, 5) is 15.9. The highest BCUT2D eigenvalue weighted by molar-refractivity contribution is 5.99. The maximum atomic E-state index is 12.3. The standard InChI is InChI=1S/C15H18N2O2/c1-16-15(10-4-3-5-11-15)14(18)17-12-6-8-13(19-2)9-7-12/h6-9H,3-5,10-11H2,2H3,(H,17,18). The van der Waals surface area contributed by atoms with Crippen molar-refractivity contribution in [1.29, 1.82) is 0 Å². The molecule has 0 aliphatic heterocycles. The van der Waals surface area contributed by atoms with Crippen LogP contribution in [0.2, 0.25) is 0 Å². The lowest BCUT2D eigenvalue weighted by atomic mass is 9.81. The Morgan fingerprint density at radius 3 is 2.42 bits per heavy atom. The van der Waals surface area contributed by atoms with Gasteiger partial charge in [-0.05, 0) is 37.1 Å². The molecule has 0 atom stereocenters. The fraction of sp³-hybridized carbons (Fsp3) is 0.467. The Labute approximate surface area is 113 Å². The highest BCUT2D eigenvalue weighted by Crippen LogP contribution is 2.33. The number of carbonyl (C=O) groups is 1. The van der Waals surface area contributed by atoms with Crippen LogP contribution in [0.4, 0.5) is 5.69 Å². The Morgan fingerprint density at radius 1 is 1.26 bits per heavy atom. The van der Waals surface area contributed by atoms with Gasteiger partial charge in [0.05, 0.1) is 7.11 Å². The Morgan fingerprint density at radius 2 is 1.89 bits per heavy atom. The molecule has 1 aromatic rings. The molecule has 2 rings (SSSR count). The molecule has 0 saturated heterocycles. The Bertz CT molecular complexity index is 482. The Kier molecular flexibility index (Phi) is 4.06. The van der Waals surface area contributed by atoms with Crippen molar-refractivity contribution in [3.63, 3.8) is 0 Å². The molecule has 0 aromatic heterocycles. The van der Waals surface area contributed by atoms with Gasteiger partial charge >= 0.3 is 11.4 Å². The minimum Gasteiger partial charge on any atom is -0.497 e. The maximum absolute atomic E-state index is 12.3. The number of hydrogen-bond acceptors (Lipinski definition) is 2. The van der Waals surface area contributed by atoms with E-state index in [1.165, 1.54) is 0 Å². The number of methoxy groups -OCH3 is 1. The third-order valence-corrected chi connectivity index (χ3v) is 3.67. The van der Waals surface area contributed by atoms with Crippen molar-refractivity contribution in [2.24, 2.45) is 0 Å². The lowest BCUT2D eigenvalue weighted by Gasteiger charge is -2.24. The van der Waals surface area contributed by atoms with Crippen LogP contribution in [0.3, 0.4) is 0 Å². The van der Waals surface area contributed by atoms with Crippen LogP contribution >= 0.6 is 0 Å². The van der Waals surface area contributed by atoms with E-state index in [4.69, 9.17) is 11.3 Å². The summed E-state index contributed by atoms with van der Waals surface area (Å²) in [6, 6.07) is 7.16. The maximum Gasteiger partial charge on any atom is 0.310 e. The second kappa shape index (κ2) is 5.75. The van der Waals surface area contributed by atoms with Gasteiger partial charge < -0.3 is 10.1 Å². The van der Waals surface area contributed by atoms with Crippen LogP contribution in [-0.2, 0) is 4.79 Å². The van der Waals surface area contributed by atoms with Gasteiger partial charge in [-0.2, -0.15) is 0 Å². The minimum atomic E-state index is -0.863. The molecule has 4 heteroatoms. The molecule has 1 aliphatic rings. The zero-order valence-electron chi connectivity index (χ0n) is 11.1. The van der Waals surface area contributed by atoms with Crippen molar-refractivity contribution < 1.29 is 9.53 Å². The van der Waals surface area contributed by atoms with E-state index in [0.29, 0.717) is 18.5 Å². The van der Waals surface area contributed by atoms with E-state index in [1.807, 2.05) is 0 Å². The smallest absolute Gasteiger partial charge is 0.310 e. The SMILES string of the molecule is [C-]#[N+]C1(C(=O)Nc2ccc(OC)cc2)CCCCC1. The lowest BCUT2D eigenvalue weighted by Crippen LogP contribution is -2.41. The molecule has 1 N–H and O–H groups in total. The van der Waals surface area contributed by atoms with Gasteiger partial charge in [0.2, 0.25) is 0 Å². The first kappa shape index (κ1) is 13.4. The number of rotatable bonds is 3. The molecule has 1 saturated carbocycles. The summed E-state index contributed by atoms with van der Waals surface area (Å²) in [6.07, 6.45) is 4.36. The van der Waals surface area contributed by atoms with Crippen LogP contribution in [0.15, 0.2) is 24.3 Å². The number of amides is 1. The van der Waals surface area contributed by atoms with Gasteiger partial charge in [-0.3, -0.25) is 9.64 Å². The number of nitrogens with zero attached hydrogens (tertiary/aromatic N) is 1. The highest BCUT2D eigenvalue weighted by Gasteiger charge is 2.46. The van der Waals surface area contributed by atoms with Crippen LogP contribution in [-0.4, -0.2) is 18.6 Å². The van der Waals surface area contributed by atoms with E-state index >= 15 is 0 Å². The van der Waals surface area contributed by atoms with Crippen LogP contribution in [0.1, 0.15) is 32.1 Å². The average Bonchev–Trinajstić information content (AvgIpc) is 2.48. The molecule has 0 unspecified atom stereocenters. The van der Waals surface area contributed by atoms with Crippen LogP contribution in [0, 0.1) is 6.57 Å². The summed E-state index contributed by atoms with van der Waals surface area (Å²) in [6.45, 7) is 7.35. The van der Waals surface area contributed by atoms with Gasteiger partial charge in [0.15, 0.2) is 0 Å². The predicted molar refractivity (Wildman–Crippen MR) is 74.0 cm³/mol. The Hall–Kier alpha value is -2.02. The van der Waals surface area contributed by atoms with E-state index < -0.39 is 5.54 Å². The number of hydrogen-bond donors (Lipinski definition) is 1. The van der Waals surface area contributed by atoms with E-state index in [1.54, 1.807) is 31.4 Å². The van der Waals surface area contributed by atoms with Gasteiger partial charge in [0, 0.05) is 18.5 Å². The number of nitrogens with one attached hydrogen (secondary N) is 1. The molecule has 0 radical (unpaired) electrons. The van der Waals surface area contributed by atoms with Crippen LogP contribution < -0.4 is 10.1 Å². The largest absolute Gasteiger partial charge is 0.497 e. The van der Waals surface area contributed by atoms with E-state index in [-0.39, 0.29) is 5.91 Å². The topological polar surface area (TPSA) is 42.7 Å². The summed E-state index contributed by atoms with van der Waals surface area (Å²) in [5.74, 6) is 0.572. The van der Waals surface area contributed by atoms with Crippen molar-refractivity contribution in [2.75, 3.05) is 12.4 Å². The monoisotopic (exact) mass is 258 g/mol. The molecular weight excluding hydrogens is 240 g/mol. The number of benzene rings is 1. The zero-order valence-corrected chi connectivity index (χ0v) is 11.1. The Balaban J connectivity index is 2.08. The van der Waals surface area contributed by atoms with E-state index in [0.717, 1.165) is 25.0 Å². The molecule has 100 valence electrons. The van der Waals surface area contributed by atoms with Gasteiger partial charge in [-0.1, -0.05) is 6.42 Å². The third-order valence-electron chi connectivity index (χ3n) is 3.67. The first-order valence-corrected chi connectivity index (χ1v) is 6.54. The molecule has 0 spiro atoms. The summed E-state index contributed by atoms with van der Waals surface area (Å²) >= 11 is 0. The van der Waals surface area contributed by atoms with Gasteiger partial charge in [0.1, 0.15) is 5.75 Å². The number of anilines is 1. The van der Waals surface area contributed by atoms with Crippen LogP contribution in [0.25, 0.3) is 4.85 Å². The van der Waals surface area contributed by atoms with Crippen molar-refractivity contribution in [2.45, 2.75) is 37.6 Å².